The number of aromatic nitrogens is 3. The summed E-state index contributed by atoms with van der Waals surface area (Å²) in [6.07, 6.45) is 0. The van der Waals surface area contributed by atoms with Crippen molar-refractivity contribution >= 4 is 68.0 Å². The van der Waals surface area contributed by atoms with Gasteiger partial charge in [-0.15, -0.1) is 10.2 Å². The summed E-state index contributed by atoms with van der Waals surface area (Å²) < 4.78 is 26.8. The van der Waals surface area contributed by atoms with Gasteiger partial charge in [0, 0.05) is 12.1 Å². The van der Waals surface area contributed by atoms with E-state index in [1.165, 1.54) is 12.1 Å². The number of sulfone groups is 1. The number of rotatable bonds is 7. The predicted octanol–water partition coefficient (Wildman–Crippen LogP) is 4.79. The van der Waals surface area contributed by atoms with Crippen LogP contribution in [-0.4, -0.2) is 34.8 Å². The number of nitrogens with zero attached hydrogens (tertiary/aromatic N) is 3. The molecule has 12 heteroatoms. The standard InChI is InChI=1S/C19H17Cl3N4O3S2/c1-11-3-5-13(6-4-11)31(28,29)10-16-24-25-19(26(16)2)30-9-17(27)23-18-14(21)7-12(20)8-15(18)22/h3-8H,9-10H2,1-2H3,(H,23,27). The molecule has 3 rings (SSSR count). The summed E-state index contributed by atoms with van der Waals surface area (Å²) in [4.78, 5) is 12.5. The van der Waals surface area contributed by atoms with Gasteiger partial charge in [0.25, 0.3) is 0 Å². The third-order valence-corrected chi connectivity index (χ3v) is 7.69. The molecule has 3 aromatic rings. The fourth-order valence-corrected chi connectivity index (χ4v) is 5.51. The van der Waals surface area contributed by atoms with Crippen molar-refractivity contribution in [2.75, 3.05) is 11.1 Å². The Labute approximate surface area is 199 Å². The number of nitrogens with one attached hydrogen (secondary N) is 1. The zero-order valence-corrected chi connectivity index (χ0v) is 20.3. The Morgan fingerprint density at radius 2 is 1.71 bits per heavy atom. The fraction of sp³-hybridized carbons (Fsp3) is 0.211. The van der Waals surface area contributed by atoms with Crippen molar-refractivity contribution in [3.63, 3.8) is 0 Å². The van der Waals surface area contributed by atoms with Crippen LogP contribution in [0.2, 0.25) is 15.1 Å². The zero-order chi connectivity index (χ0) is 22.8. The lowest BCUT2D eigenvalue weighted by Crippen LogP contribution is -2.15. The van der Waals surface area contributed by atoms with Crippen LogP contribution in [0.15, 0.2) is 46.5 Å². The Bertz CT molecular complexity index is 1210. The molecule has 1 amide bonds. The van der Waals surface area contributed by atoms with Crippen LogP contribution in [0.4, 0.5) is 5.69 Å². The van der Waals surface area contributed by atoms with Crippen molar-refractivity contribution in [3.05, 3.63) is 62.9 Å². The number of benzene rings is 2. The summed E-state index contributed by atoms with van der Waals surface area (Å²) in [5.74, 6) is -0.408. The molecule has 164 valence electrons. The molecule has 0 spiro atoms. The highest BCUT2D eigenvalue weighted by Crippen LogP contribution is 2.33. The van der Waals surface area contributed by atoms with Crippen molar-refractivity contribution in [1.29, 1.82) is 0 Å². The van der Waals surface area contributed by atoms with E-state index in [-0.39, 0.29) is 43.9 Å². The van der Waals surface area contributed by atoms with E-state index < -0.39 is 9.84 Å². The van der Waals surface area contributed by atoms with Gasteiger partial charge in [-0.2, -0.15) is 0 Å². The number of carbonyl (C=O) groups is 1. The van der Waals surface area contributed by atoms with E-state index >= 15 is 0 Å². The molecule has 0 atom stereocenters. The molecule has 31 heavy (non-hydrogen) atoms. The van der Waals surface area contributed by atoms with E-state index in [4.69, 9.17) is 34.8 Å². The Morgan fingerprint density at radius 1 is 1.10 bits per heavy atom. The first-order chi connectivity index (χ1) is 14.6. The number of aryl methyl sites for hydroxylation is 1. The van der Waals surface area contributed by atoms with Crippen LogP contribution < -0.4 is 5.32 Å². The number of halogens is 3. The van der Waals surface area contributed by atoms with Gasteiger partial charge in [0.05, 0.1) is 26.4 Å². The van der Waals surface area contributed by atoms with Gasteiger partial charge in [-0.05, 0) is 31.2 Å². The number of anilines is 1. The molecule has 0 aliphatic carbocycles. The van der Waals surface area contributed by atoms with Crippen LogP contribution >= 0.6 is 46.6 Å². The second-order valence-electron chi connectivity index (χ2n) is 6.61. The number of amides is 1. The van der Waals surface area contributed by atoms with E-state index in [1.807, 2.05) is 6.92 Å². The molecule has 0 saturated carbocycles. The molecular formula is C19H17Cl3N4O3S2. The maximum Gasteiger partial charge on any atom is 0.234 e. The summed E-state index contributed by atoms with van der Waals surface area (Å²) in [5, 5.41) is 11.8. The van der Waals surface area contributed by atoms with E-state index in [9.17, 15) is 13.2 Å². The number of carbonyl (C=O) groups excluding carboxylic acids is 1. The normalized spacial score (nSPS) is 11.5. The molecule has 0 unspecified atom stereocenters. The van der Waals surface area contributed by atoms with Crippen LogP contribution in [0.3, 0.4) is 0 Å². The quantitative estimate of drug-likeness (QED) is 0.451. The van der Waals surface area contributed by atoms with Crippen molar-refractivity contribution < 1.29 is 13.2 Å². The smallest absolute Gasteiger partial charge is 0.234 e. The van der Waals surface area contributed by atoms with Gasteiger partial charge in [0.1, 0.15) is 11.6 Å². The average Bonchev–Trinajstić information content (AvgIpc) is 3.02. The predicted molar refractivity (Wildman–Crippen MR) is 124 cm³/mol. The number of thioether (sulfide) groups is 1. The molecule has 0 bridgehead atoms. The maximum atomic E-state index is 12.6. The highest BCUT2D eigenvalue weighted by Gasteiger charge is 2.21. The summed E-state index contributed by atoms with van der Waals surface area (Å²) in [6, 6.07) is 9.55. The molecule has 7 nitrogen and oxygen atoms in total. The largest absolute Gasteiger partial charge is 0.323 e. The lowest BCUT2D eigenvalue weighted by Gasteiger charge is -2.10. The van der Waals surface area contributed by atoms with Crippen molar-refractivity contribution in [2.45, 2.75) is 22.7 Å². The van der Waals surface area contributed by atoms with Crippen molar-refractivity contribution in [3.8, 4) is 0 Å². The van der Waals surface area contributed by atoms with E-state index in [1.54, 1.807) is 35.9 Å². The third kappa shape index (κ3) is 5.93. The first-order valence-corrected chi connectivity index (χ1v) is 12.6. The second kappa shape index (κ2) is 9.79. The lowest BCUT2D eigenvalue weighted by atomic mass is 10.2. The highest BCUT2D eigenvalue weighted by atomic mass is 35.5. The monoisotopic (exact) mass is 518 g/mol. The molecule has 2 aromatic carbocycles. The second-order valence-corrected chi connectivity index (χ2v) is 10.8. The average molecular weight is 520 g/mol. The van der Waals surface area contributed by atoms with E-state index in [0.717, 1.165) is 17.3 Å². The van der Waals surface area contributed by atoms with E-state index in [0.29, 0.717) is 10.2 Å². The van der Waals surface area contributed by atoms with Crippen LogP contribution in [0.5, 0.6) is 0 Å². The summed E-state index contributed by atoms with van der Waals surface area (Å²) in [7, 11) is -1.93. The van der Waals surface area contributed by atoms with Gasteiger partial charge in [-0.1, -0.05) is 64.3 Å². The maximum absolute atomic E-state index is 12.6. The Kier molecular flexibility index (Phi) is 7.54. The minimum atomic E-state index is -3.58. The zero-order valence-electron chi connectivity index (χ0n) is 16.4. The van der Waals surface area contributed by atoms with Gasteiger partial charge >= 0.3 is 0 Å². The summed E-state index contributed by atoms with van der Waals surface area (Å²) in [6.45, 7) is 1.88. The molecule has 0 aliphatic rings. The molecule has 1 heterocycles. The molecule has 0 radical (unpaired) electrons. The van der Waals surface area contributed by atoms with Gasteiger partial charge in [0.15, 0.2) is 15.0 Å². The van der Waals surface area contributed by atoms with Crippen LogP contribution in [0.25, 0.3) is 0 Å². The van der Waals surface area contributed by atoms with Crippen LogP contribution in [-0.2, 0) is 27.4 Å². The number of hydrogen-bond acceptors (Lipinski definition) is 6. The van der Waals surface area contributed by atoms with Gasteiger partial charge in [-0.25, -0.2) is 8.42 Å². The number of hydrogen-bond donors (Lipinski definition) is 1. The third-order valence-electron chi connectivity index (χ3n) is 4.23. The van der Waals surface area contributed by atoms with Crippen LogP contribution in [0.1, 0.15) is 11.4 Å². The lowest BCUT2D eigenvalue weighted by molar-refractivity contribution is -0.113. The van der Waals surface area contributed by atoms with E-state index in [2.05, 4.69) is 15.5 Å². The fourth-order valence-electron chi connectivity index (χ4n) is 2.56. The van der Waals surface area contributed by atoms with Gasteiger partial charge in [-0.3, -0.25) is 4.79 Å². The first-order valence-electron chi connectivity index (χ1n) is 8.81. The van der Waals surface area contributed by atoms with Crippen molar-refractivity contribution in [2.24, 2.45) is 7.05 Å². The molecular weight excluding hydrogens is 503 g/mol. The highest BCUT2D eigenvalue weighted by molar-refractivity contribution is 7.99. The minimum absolute atomic E-state index is 0.00797. The molecule has 0 fully saturated rings. The summed E-state index contributed by atoms with van der Waals surface area (Å²) in [5.41, 5.74) is 1.23. The Balaban J connectivity index is 1.65. The van der Waals surface area contributed by atoms with Gasteiger partial charge < -0.3 is 9.88 Å². The molecule has 1 aromatic heterocycles. The topological polar surface area (TPSA) is 94.0 Å². The summed E-state index contributed by atoms with van der Waals surface area (Å²) >= 11 is 19.1. The molecule has 0 saturated heterocycles. The SMILES string of the molecule is Cc1ccc(S(=O)(=O)Cc2nnc(SCC(=O)Nc3c(Cl)cc(Cl)cc3Cl)n2C)cc1. The Hall–Kier alpha value is -1.78. The van der Waals surface area contributed by atoms with Crippen LogP contribution in [0, 0.1) is 6.92 Å². The molecule has 1 N–H and O–H groups in total. The Morgan fingerprint density at radius 3 is 2.32 bits per heavy atom. The first kappa shape index (κ1) is 23.9. The van der Waals surface area contributed by atoms with Crippen molar-refractivity contribution in [1.82, 2.24) is 14.8 Å². The molecule has 0 aliphatic heterocycles. The minimum Gasteiger partial charge on any atom is -0.323 e. The van der Waals surface area contributed by atoms with Gasteiger partial charge in [0.2, 0.25) is 5.91 Å².